The van der Waals surface area contributed by atoms with Crippen LogP contribution in [0.1, 0.15) is 202 Å². The summed E-state index contributed by atoms with van der Waals surface area (Å²) in [5.41, 5.74) is 42.7. The molecule has 560 valence electrons. The summed E-state index contributed by atoms with van der Waals surface area (Å²) in [7, 11) is 0. The molecule has 0 radical (unpaired) electrons. The van der Waals surface area contributed by atoms with Gasteiger partial charge in [-0.2, -0.15) is 0 Å². The van der Waals surface area contributed by atoms with Gasteiger partial charge in [-0.1, -0.05) is 334 Å². The number of benzene rings is 14. The Morgan fingerprint density at radius 3 is 1.31 bits per heavy atom. The number of hydrogen-bond donors (Lipinski definition) is 0. The number of fused-ring (bicyclic) bond motifs is 25. The van der Waals surface area contributed by atoms with Crippen molar-refractivity contribution in [3.63, 3.8) is 0 Å². The molecular weight excluding hydrogens is 1380 g/mol. The van der Waals surface area contributed by atoms with Gasteiger partial charge in [0.05, 0.1) is 0 Å². The Morgan fingerprint density at radius 2 is 0.667 bits per heavy atom. The third-order valence-corrected chi connectivity index (χ3v) is 28.1. The second-order valence-corrected chi connectivity index (χ2v) is 36.0. The van der Waals surface area contributed by atoms with Crippen molar-refractivity contribution in [1.29, 1.82) is 0 Å². The first kappa shape index (κ1) is 70.4. The number of para-hydroxylation sites is 2. The van der Waals surface area contributed by atoms with Crippen LogP contribution in [0.5, 0.6) is 0 Å². The van der Waals surface area contributed by atoms with E-state index >= 15 is 0 Å². The van der Waals surface area contributed by atoms with E-state index in [1.165, 1.54) is 221 Å². The van der Waals surface area contributed by atoms with Gasteiger partial charge in [0.25, 0.3) is 0 Å². The zero-order valence-corrected chi connectivity index (χ0v) is 67.7. The van der Waals surface area contributed by atoms with E-state index in [1.54, 1.807) is 11.1 Å². The molecule has 0 atom stereocenters. The fourth-order valence-corrected chi connectivity index (χ4v) is 22.3. The van der Waals surface area contributed by atoms with E-state index in [1.807, 2.05) is 0 Å². The zero-order valence-electron chi connectivity index (χ0n) is 67.7. The molecule has 0 bridgehead atoms. The van der Waals surface area contributed by atoms with Crippen LogP contribution in [-0.2, 0) is 27.1 Å². The van der Waals surface area contributed by atoms with Gasteiger partial charge in [-0.25, -0.2) is 0 Å². The fraction of sp³-hybridized carbons (Fsp3) is 0.243. The fourth-order valence-electron chi connectivity index (χ4n) is 22.3. The first-order valence-corrected chi connectivity index (χ1v) is 42.5. The normalized spacial score (nSPS) is 15.4. The van der Waals surface area contributed by atoms with Crippen LogP contribution in [0, 0.1) is 0 Å². The highest BCUT2D eigenvalue weighted by Gasteiger charge is 2.50. The largest absolute Gasteiger partial charge is 0.455 e. The van der Waals surface area contributed by atoms with Gasteiger partial charge in [0.2, 0.25) is 0 Å². The molecule has 0 saturated carbocycles. The molecule has 16 aromatic rings. The Hall–Kier alpha value is -11.5. The summed E-state index contributed by atoms with van der Waals surface area (Å²) in [5, 5.41) is 4.68. The summed E-state index contributed by atoms with van der Waals surface area (Å²) in [6, 6.07) is 104. The molecule has 21 rings (SSSR count). The Bertz CT molecular complexity index is 6620. The summed E-state index contributed by atoms with van der Waals surface area (Å²) < 4.78 is 14.3. The van der Waals surface area contributed by atoms with Gasteiger partial charge < -0.3 is 13.7 Å². The number of anilines is 3. The van der Waals surface area contributed by atoms with Crippen molar-refractivity contribution in [2.45, 2.75) is 173 Å². The minimum absolute atomic E-state index is 0.0414. The van der Waals surface area contributed by atoms with Crippen molar-refractivity contribution in [2.75, 3.05) is 4.90 Å². The van der Waals surface area contributed by atoms with Gasteiger partial charge in [-0.15, -0.1) is 0 Å². The summed E-state index contributed by atoms with van der Waals surface area (Å²) in [6.45, 7) is 24.2. The van der Waals surface area contributed by atoms with E-state index < -0.39 is 5.41 Å². The van der Waals surface area contributed by atoms with Crippen LogP contribution < -0.4 is 4.90 Å². The second-order valence-electron chi connectivity index (χ2n) is 36.0. The summed E-state index contributed by atoms with van der Waals surface area (Å²) >= 11 is 0. The maximum Gasteiger partial charge on any atom is 0.144 e. The zero-order chi connectivity index (χ0) is 77.3. The van der Waals surface area contributed by atoms with Crippen LogP contribution in [0.15, 0.2) is 282 Å². The van der Waals surface area contributed by atoms with Crippen molar-refractivity contribution in [3.05, 3.63) is 329 Å². The van der Waals surface area contributed by atoms with Crippen molar-refractivity contribution in [2.24, 2.45) is 0 Å². The highest BCUT2D eigenvalue weighted by molar-refractivity contribution is 6.22. The highest BCUT2D eigenvalue weighted by Crippen LogP contribution is 2.65. The summed E-state index contributed by atoms with van der Waals surface area (Å²) in [5.74, 6) is 0. The molecule has 5 aliphatic rings. The molecule has 114 heavy (non-hydrogen) atoms. The predicted molar refractivity (Wildman–Crippen MR) is 481 cm³/mol. The van der Waals surface area contributed by atoms with Gasteiger partial charge in [0.15, 0.2) is 0 Å². The Labute approximate surface area is 672 Å². The van der Waals surface area contributed by atoms with Gasteiger partial charge >= 0.3 is 0 Å². The van der Waals surface area contributed by atoms with E-state index in [0.29, 0.717) is 0 Å². The van der Waals surface area contributed by atoms with E-state index in [9.17, 15) is 0 Å². The molecule has 3 nitrogen and oxygen atoms in total. The molecule has 2 aromatic heterocycles. The Balaban J connectivity index is 0.630. The SMILES string of the molecule is CCCCCCCC1(CCCCCCC)c2ccccc2-c2ccc(-c3ccc4c(c3)C(C)(C)c3cc(-c5ccc(-c6cc7c(c8c6oc6ccccc68)-c6ccc(N(c8cccc(-c9ccccc9)c8)c8ccc9c(c8)C(C)(C)c8c%10c(c%11oc%12ccccc%12c%11c8-9)-c8ccccc8C%10(C)C)cc6C7(C)C)cc5)ccc3-4)cc21. The highest BCUT2D eigenvalue weighted by atomic mass is 16.3. The average Bonchev–Trinajstić information content (AvgIpc) is 1.50. The van der Waals surface area contributed by atoms with E-state index in [-0.39, 0.29) is 21.7 Å². The molecule has 0 aliphatic heterocycles. The lowest BCUT2D eigenvalue weighted by molar-refractivity contribution is 0.399. The molecule has 0 unspecified atom stereocenters. The number of nitrogens with zero attached hydrogens (tertiary/aromatic N) is 1. The first-order chi connectivity index (χ1) is 55.5. The van der Waals surface area contributed by atoms with E-state index in [0.717, 1.165) is 61.3 Å². The molecular formula is C111H99NO2. The molecule has 0 spiro atoms. The molecule has 0 amide bonds. The first-order valence-electron chi connectivity index (χ1n) is 42.5. The lowest BCUT2D eigenvalue weighted by Crippen LogP contribution is -2.25. The Morgan fingerprint density at radius 1 is 0.254 bits per heavy atom. The van der Waals surface area contributed by atoms with E-state index in [2.05, 4.69) is 347 Å². The second kappa shape index (κ2) is 26.3. The van der Waals surface area contributed by atoms with Gasteiger partial charge in [-0.05, 0) is 230 Å². The minimum Gasteiger partial charge on any atom is -0.455 e. The topological polar surface area (TPSA) is 29.5 Å². The maximum absolute atomic E-state index is 7.17. The Kier molecular flexibility index (Phi) is 16.2. The number of furan rings is 2. The van der Waals surface area contributed by atoms with Gasteiger partial charge in [0, 0.05) is 76.8 Å². The monoisotopic (exact) mass is 1480 g/mol. The third-order valence-electron chi connectivity index (χ3n) is 28.1. The average molecular weight is 1480 g/mol. The predicted octanol–water partition coefficient (Wildman–Crippen LogP) is 31.8. The van der Waals surface area contributed by atoms with Crippen molar-refractivity contribution in [3.8, 4) is 100 Å². The van der Waals surface area contributed by atoms with Crippen LogP contribution >= 0.6 is 0 Å². The minimum atomic E-state index is -0.403. The number of rotatable bonds is 19. The van der Waals surface area contributed by atoms with Crippen LogP contribution in [0.3, 0.4) is 0 Å². The van der Waals surface area contributed by atoms with Crippen molar-refractivity contribution >= 4 is 60.9 Å². The third kappa shape index (κ3) is 10.4. The quantitative estimate of drug-likeness (QED) is 0.0756. The van der Waals surface area contributed by atoms with Crippen LogP contribution in [0.25, 0.3) is 144 Å². The number of hydrogen-bond acceptors (Lipinski definition) is 3. The smallest absolute Gasteiger partial charge is 0.144 e. The van der Waals surface area contributed by atoms with Crippen LogP contribution in [-0.4, -0.2) is 0 Å². The van der Waals surface area contributed by atoms with Crippen LogP contribution in [0.2, 0.25) is 0 Å². The number of unbranched alkanes of at least 4 members (excludes halogenated alkanes) is 8. The van der Waals surface area contributed by atoms with Crippen molar-refractivity contribution in [1.82, 2.24) is 0 Å². The molecule has 2 heterocycles. The lowest BCUT2D eigenvalue weighted by atomic mass is 9.70. The molecule has 3 heteroatoms. The molecule has 0 N–H and O–H groups in total. The summed E-state index contributed by atoms with van der Waals surface area (Å²) in [6.07, 6.45) is 15.5. The molecule has 0 saturated heterocycles. The van der Waals surface area contributed by atoms with Crippen molar-refractivity contribution < 1.29 is 8.83 Å². The van der Waals surface area contributed by atoms with Crippen LogP contribution in [0.4, 0.5) is 17.1 Å². The molecule has 14 aromatic carbocycles. The molecule has 0 fully saturated rings. The van der Waals surface area contributed by atoms with Gasteiger partial charge in [0.1, 0.15) is 22.3 Å². The molecule has 5 aliphatic carbocycles. The van der Waals surface area contributed by atoms with Gasteiger partial charge in [-0.3, -0.25) is 0 Å². The standard InChI is InChI=1S/C111H99NO2/c1-11-13-15-17-30-59-111(60-31-18-16-14-12-2)89-42-27-22-37-78(89)81-56-51-74(64-94(81)111)73-50-55-80-79-54-49-72(62-90(79)107(3,4)91(80)63-73)69-45-47-70(48-46-69)87-67-95-98(100-85-39-24-28-43-96(85)113-105(87)100)83-57-52-76(65-92(83)108(95,5)6)112(75-36-32-35-71(61-75)68-33-20-19-21-34-68)77-53-58-84-93(66-77)110(9,10)103-99(84)101-86-40-25-29-44-97(86)114-106(101)102-82-38-23-26-41-88(82)109(7,8)104(102)103/h19-29,32-58,61-67H,11-18,30-31,59-60H2,1-10H3. The lowest BCUT2D eigenvalue weighted by Gasteiger charge is -2.33. The van der Waals surface area contributed by atoms with E-state index in [4.69, 9.17) is 8.83 Å². The summed E-state index contributed by atoms with van der Waals surface area (Å²) in [4.78, 5) is 2.52. The maximum atomic E-state index is 7.17.